The molecule has 0 aromatic heterocycles. The highest BCUT2D eigenvalue weighted by molar-refractivity contribution is 5.86. The van der Waals surface area contributed by atoms with Gasteiger partial charge in [0, 0.05) is 6.61 Å². The molecule has 6 heteroatoms. The number of amides is 2. The summed E-state index contributed by atoms with van der Waals surface area (Å²) in [5, 5.41) is 15.1. The Morgan fingerprint density at radius 1 is 1.30 bits per heavy atom. The lowest BCUT2D eigenvalue weighted by atomic mass is 9.76. The molecule has 2 fully saturated rings. The third-order valence-electron chi connectivity index (χ3n) is 4.39. The zero-order valence-corrected chi connectivity index (χ0v) is 12.2. The van der Waals surface area contributed by atoms with Gasteiger partial charge in [0.25, 0.3) is 0 Å². The summed E-state index contributed by atoms with van der Waals surface area (Å²) in [6.45, 7) is 5.04. The van der Waals surface area contributed by atoms with E-state index in [4.69, 9.17) is 4.74 Å². The van der Waals surface area contributed by atoms with Crippen molar-refractivity contribution in [1.82, 2.24) is 10.6 Å². The summed E-state index contributed by atoms with van der Waals surface area (Å²) in [7, 11) is 0. The van der Waals surface area contributed by atoms with Crippen LogP contribution in [0.2, 0.25) is 0 Å². The first kappa shape index (κ1) is 15.1. The largest absolute Gasteiger partial charge is 0.480 e. The number of nitrogens with one attached hydrogen (secondary N) is 2. The molecule has 6 nitrogen and oxygen atoms in total. The Morgan fingerprint density at radius 3 is 2.60 bits per heavy atom. The fraction of sp³-hybridized carbons (Fsp3) is 0.857. The minimum Gasteiger partial charge on any atom is -0.480 e. The average Bonchev–Trinajstić information content (AvgIpc) is 2.75. The standard InChI is InChI=1S/C14H24N2O4/c1-10-4-3-5-14(8-10,11(17)18)16-12(19)15-13(2)6-7-20-9-13/h10H,3-9H2,1-2H3,(H,17,18)(H2,15,16,19). The summed E-state index contributed by atoms with van der Waals surface area (Å²) in [5.74, 6) is -0.627. The van der Waals surface area contributed by atoms with Crippen LogP contribution < -0.4 is 10.6 Å². The van der Waals surface area contributed by atoms with E-state index in [2.05, 4.69) is 10.6 Å². The van der Waals surface area contributed by atoms with Crippen LogP contribution in [-0.4, -0.2) is 41.4 Å². The summed E-state index contributed by atoms with van der Waals surface area (Å²) < 4.78 is 5.28. The Bertz CT molecular complexity index is 393. The molecule has 3 N–H and O–H groups in total. The second kappa shape index (κ2) is 5.60. The molecular weight excluding hydrogens is 260 g/mol. The lowest BCUT2D eigenvalue weighted by Crippen LogP contribution is -2.62. The molecule has 1 saturated heterocycles. The molecule has 3 unspecified atom stereocenters. The maximum Gasteiger partial charge on any atom is 0.329 e. The van der Waals surface area contributed by atoms with Crippen LogP contribution in [0, 0.1) is 5.92 Å². The normalized spacial score (nSPS) is 37.4. The number of ether oxygens (including phenoxy) is 1. The van der Waals surface area contributed by atoms with Crippen molar-refractivity contribution in [3.63, 3.8) is 0 Å². The maximum absolute atomic E-state index is 12.1. The van der Waals surface area contributed by atoms with Gasteiger partial charge in [-0.25, -0.2) is 9.59 Å². The van der Waals surface area contributed by atoms with E-state index in [1.54, 1.807) is 0 Å². The summed E-state index contributed by atoms with van der Waals surface area (Å²) in [5.41, 5.74) is -1.53. The third kappa shape index (κ3) is 3.23. The van der Waals surface area contributed by atoms with E-state index in [-0.39, 0.29) is 0 Å². The molecule has 3 atom stereocenters. The number of hydrogen-bond acceptors (Lipinski definition) is 3. The fourth-order valence-corrected chi connectivity index (χ4v) is 3.20. The predicted octanol–water partition coefficient (Wildman–Crippen LogP) is 1.50. The topological polar surface area (TPSA) is 87.7 Å². The van der Waals surface area contributed by atoms with E-state index in [9.17, 15) is 14.7 Å². The first-order valence-corrected chi connectivity index (χ1v) is 7.27. The van der Waals surface area contributed by atoms with E-state index < -0.39 is 23.1 Å². The number of hydrogen-bond donors (Lipinski definition) is 3. The van der Waals surface area contributed by atoms with Crippen molar-refractivity contribution in [3.05, 3.63) is 0 Å². The van der Waals surface area contributed by atoms with E-state index in [1.807, 2.05) is 13.8 Å². The van der Waals surface area contributed by atoms with Gasteiger partial charge >= 0.3 is 12.0 Å². The van der Waals surface area contributed by atoms with Crippen LogP contribution in [0.15, 0.2) is 0 Å². The average molecular weight is 284 g/mol. The second-order valence-electron chi connectivity index (χ2n) is 6.53. The molecule has 2 aliphatic rings. The Kier molecular flexibility index (Phi) is 4.22. The predicted molar refractivity (Wildman–Crippen MR) is 73.5 cm³/mol. The van der Waals surface area contributed by atoms with Gasteiger partial charge in [-0.3, -0.25) is 0 Å². The highest BCUT2D eigenvalue weighted by Gasteiger charge is 2.44. The number of urea groups is 1. The number of carbonyl (C=O) groups excluding carboxylic acids is 1. The molecule has 0 spiro atoms. The number of carboxylic acid groups (broad SMARTS) is 1. The lowest BCUT2D eigenvalue weighted by Gasteiger charge is -2.38. The van der Waals surface area contributed by atoms with E-state index in [0.717, 1.165) is 19.3 Å². The van der Waals surface area contributed by atoms with Gasteiger partial charge in [-0.2, -0.15) is 0 Å². The summed E-state index contributed by atoms with van der Waals surface area (Å²) in [6, 6.07) is -0.408. The Balaban J connectivity index is 2.01. The van der Waals surface area contributed by atoms with Crippen LogP contribution >= 0.6 is 0 Å². The van der Waals surface area contributed by atoms with Crippen molar-refractivity contribution < 1.29 is 19.4 Å². The van der Waals surface area contributed by atoms with Crippen LogP contribution in [0.1, 0.15) is 46.0 Å². The van der Waals surface area contributed by atoms with Crippen LogP contribution in [0.3, 0.4) is 0 Å². The van der Waals surface area contributed by atoms with Gasteiger partial charge in [-0.15, -0.1) is 0 Å². The summed E-state index contributed by atoms with van der Waals surface area (Å²) in [4.78, 5) is 23.8. The summed E-state index contributed by atoms with van der Waals surface area (Å²) >= 11 is 0. The van der Waals surface area contributed by atoms with Crippen molar-refractivity contribution in [3.8, 4) is 0 Å². The smallest absolute Gasteiger partial charge is 0.329 e. The van der Waals surface area contributed by atoms with Gasteiger partial charge in [0.2, 0.25) is 0 Å². The SMILES string of the molecule is CC1CCCC(NC(=O)NC2(C)CCOC2)(C(=O)O)C1. The van der Waals surface area contributed by atoms with Gasteiger partial charge in [0.1, 0.15) is 5.54 Å². The maximum atomic E-state index is 12.1. The van der Waals surface area contributed by atoms with Crippen LogP contribution in [0.5, 0.6) is 0 Å². The van der Waals surface area contributed by atoms with E-state index >= 15 is 0 Å². The highest BCUT2D eigenvalue weighted by atomic mass is 16.5. The van der Waals surface area contributed by atoms with Crippen molar-refractivity contribution in [2.24, 2.45) is 5.92 Å². The molecule has 2 rings (SSSR count). The quantitative estimate of drug-likeness (QED) is 0.733. The molecular formula is C14H24N2O4. The Labute approximate surface area is 119 Å². The Morgan fingerprint density at radius 2 is 2.05 bits per heavy atom. The fourth-order valence-electron chi connectivity index (χ4n) is 3.20. The van der Waals surface area contributed by atoms with Gasteiger partial charge < -0.3 is 20.5 Å². The van der Waals surface area contributed by atoms with Gasteiger partial charge in [-0.1, -0.05) is 19.8 Å². The van der Waals surface area contributed by atoms with Crippen LogP contribution in [0.4, 0.5) is 4.79 Å². The molecule has 2 amide bonds. The van der Waals surface area contributed by atoms with Gasteiger partial charge in [0.15, 0.2) is 0 Å². The molecule has 0 aromatic rings. The number of carbonyl (C=O) groups is 2. The Hall–Kier alpha value is -1.30. The highest BCUT2D eigenvalue weighted by Crippen LogP contribution is 2.32. The lowest BCUT2D eigenvalue weighted by molar-refractivity contribution is -0.146. The zero-order valence-electron chi connectivity index (χ0n) is 12.2. The first-order chi connectivity index (χ1) is 9.35. The van der Waals surface area contributed by atoms with Crippen LogP contribution in [0.25, 0.3) is 0 Å². The van der Waals surface area contributed by atoms with Crippen LogP contribution in [-0.2, 0) is 9.53 Å². The van der Waals surface area contributed by atoms with Crippen molar-refractivity contribution >= 4 is 12.0 Å². The molecule has 0 radical (unpaired) electrons. The molecule has 20 heavy (non-hydrogen) atoms. The number of rotatable bonds is 3. The number of aliphatic carboxylic acids is 1. The molecule has 0 bridgehead atoms. The molecule has 0 aromatic carbocycles. The van der Waals surface area contributed by atoms with Crippen molar-refractivity contribution in [1.29, 1.82) is 0 Å². The monoisotopic (exact) mass is 284 g/mol. The van der Waals surface area contributed by atoms with E-state index in [1.165, 1.54) is 0 Å². The molecule has 1 aliphatic carbocycles. The van der Waals surface area contributed by atoms with Crippen molar-refractivity contribution in [2.75, 3.05) is 13.2 Å². The number of carboxylic acids is 1. The van der Waals surface area contributed by atoms with E-state index in [0.29, 0.717) is 32.0 Å². The minimum atomic E-state index is -1.13. The van der Waals surface area contributed by atoms with Gasteiger partial charge in [0.05, 0.1) is 12.1 Å². The molecule has 1 heterocycles. The zero-order chi connectivity index (χ0) is 14.8. The molecule has 114 valence electrons. The second-order valence-corrected chi connectivity index (χ2v) is 6.53. The molecule has 1 aliphatic heterocycles. The minimum absolute atomic E-state index is 0.311. The third-order valence-corrected chi connectivity index (χ3v) is 4.39. The first-order valence-electron chi connectivity index (χ1n) is 7.27. The van der Waals surface area contributed by atoms with Gasteiger partial charge in [-0.05, 0) is 32.1 Å². The van der Waals surface area contributed by atoms with Crippen molar-refractivity contribution in [2.45, 2.75) is 57.0 Å². The summed E-state index contributed by atoms with van der Waals surface area (Å²) in [6.07, 6.45) is 3.57. The molecule has 1 saturated carbocycles.